The van der Waals surface area contributed by atoms with Crippen LogP contribution in [0.15, 0.2) is 40.6 Å². The number of benzene rings is 1. The van der Waals surface area contributed by atoms with Gasteiger partial charge in [-0.1, -0.05) is 29.4 Å². The molecule has 16 heavy (non-hydrogen) atoms. The Hall–Kier alpha value is -0.970. The molecule has 0 saturated heterocycles. The first kappa shape index (κ1) is 11.5. The molecule has 3 nitrogen and oxygen atoms in total. The normalized spacial score (nSPS) is 10.7. The third-order valence-electron chi connectivity index (χ3n) is 2.23. The van der Waals surface area contributed by atoms with E-state index in [0.29, 0.717) is 11.6 Å². The molecule has 0 spiro atoms. The Labute approximate surface area is 104 Å². The van der Waals surface area contributed by atoms with Gasteiger partial charge in [0.1, 0.15) is 0 Å². The summed E-state index contributed by atoms with van der Waals surface area (Å²) >= 11 is 7.55. The molecule has 0 bridgehead atoms. The number of aromatic nitrogens is 2. The fraction of sp³-hybridized carbons (Fsp3) is 0.182. The predicted molar refractivity (Wildman–Crippen MR) is 66.7 cm³/mol. The van der Waals surface area contributed by atoms with Crippen LogP contribution in [0.4, 0.5) is 0 Å². The smallest absolute Gasteiger partial charge is 0.172 e. The lowest BCUT2D eigenvalue weighted by atomic mass is 10.2. The van der Waals surface area contributed by atoms with Crippen LogP contribution in [0, 0.1) is 0 Å². The van der Waals surface area contributed by atoms with Gasteiger partial charge in [-0.15, -0.1) is 0 Å². The van der Waals surface area contributed by atoms with E-state index in [2.05, 4.69) is 4.98 Å². The van der Waals surface area contributed by atoms with Gasteiger partial charge >= 0.3 is 0 Å². The van der Waals surface area contributed by atoms with E-state index >= 15 is 0 Å². The third kappa shape index (κ3) is 2.40. The molecule has 0 aliphatic carbocycles. The topological polar surface area (TPSA) is 43.8 Å². The van der Waals surface area contributed by atoms with Gasteiger partial charge in [-0.3, -0.25) is 0 Å². The first-order chi connectivity index (χ1) is 7.70. The van der Waals surface area contributed by atoms with Crippen LogP contribution in [0.5, 0.6) is 0 Å². The van der Waals surface area contributed by atoms with Crippen molar-refractivity contribution in [1.82, 2.24) is 9.55 Å². The maximum absolute atomic E-state index is 5.97. The van der Waals surface area contributed by atoms with E-state index in [9.17, 15) is 0 Å². The first-order valence-corrected chi connectivity index (χ1v) is 6.04. The molecule has 5 heteroatoms. The molecule has 0 fully saturated rings. The SMILES string of the molecule is Cn1ccnc1Sc1cc(Cl)ccc1CN. The van der Waals surface area contributed by atoms with Gasteiger partial charge in [0.25, 0.3) is 0 Å². The summed E-state index contributed by atoms with van der Waals surface area (Å²) in [6, 6.07) is 5.73. The minimum Gasteiger partial charge on any atom is -0.329 e. The third-order valence-corrected chi connectivity index (χ3v) is 3.64. The lowest BCUT2D eigenvalue weighted by Crippen LogP contribution is -1.99. The van der Waals surface area contributed by atoms with Crippen LogP contribution < -0.4 is 5.73 Å². The number of hydrogen-bond donors (Lipinski definition) is 1. The van der Waals surface area contributed by atoms with E-state index in [0.717, 1.165) is 15.6 Å². The van der Waals surface area contributed by atoms with Gasteiger partial charge in [-0.2, -0.15) is 0 Å². The zero-order chi connectivity index (χ0) is 11.5. The van der Waals surface area contributed by atoms with E-state index < -0.39 is 0 Å². The Bertz CT molecular complexity index is 496. The summed E-state index contributed by atoms with van der Waals surface area (Å²) in [5.41, 5.74) is 6.77. The van der Waals surface area contributed by atoms with Crippen molar-refractivity contribution < 1.29 is 0 Å². The summed E-state index contributed by atoms with van der Waals surface area (Å²) in [5.74, 6) is 0. The first-order valence-electron chi connectivity index (χ1n) is 4.84. The molecule has 0 saturated carbocycles. The van der Waals surface area contributed by atoms with Crippen LogP contribution >= 0.6 is 23.4 Å². The molecule has 84 valence electrons. The fourth-order valence-corrected chi connectivity index (χ4v) is 2.56. The quantitative estimate of drug-likeness (QED) is 0.915. The number of aryl methyl sites for hydroxylation is 1. The monoisotopic (exact) mass is 253 g/mol. The van der Waals surface area contributed by atoms with Crippen molar-refractivity contribution >= 4 is 23.4 Å². The second-order valence-corrected chi connectivity index (χ2v) is 4.82. The number of nitrogens with two attached hydrogens (primary N) is 1. The molecule has 2 rings (SSSR count). The zero-order valence-electron chi connectivity index (χ0n) is 8.85. The summed E-state index contributed by atoms with van der Waals surface area (Å²) < 4.78 is 1.96. The molecule has 0 unspecified atom stereocenters. The van der Waals surface area contributed by atoms with Crippen LogP contribution in [0.2, 0.25) is 5.02 Å². The average molecular weight is 254 g/mol. The van der Waals surface area contributed by atoms with Gasteiger partial charge in [0, 0.05) is 35.9 Å². The molecule has 0 amide bonds. The average Bonchev–Trinajstić information content (AvgIpc) is 2.65. The van der Waals surface area contributed by atoms with Crippen molar-refractivity contribution in [2.75, 3.05) is 0 Å². The summed E-state index contributed by atoms with van der Waals surface area (Å²) in [4.78, 5) is 5.32. The second-order valence-electron chi connectivity index (χ2n) is 3.38. The maximum atomic E-state index is 5.97. The Morgan fingerprint density at radius 2 is 2.31 bits per heavy atom. The minimum absolute atomic E-state index is 0.504. The van der Waals surface area contributed by atoms with Crippen molar-refractivity contribution in [3.05, 3.63) is 41.2 Å². The van der Waals surface area contributed by atoms with Crippen LogP contribution in [0.1, 0.15) is 5.56 Å². The highest BCUT2D eigenvalue weighted by Crippen LogP contribution is 2.30. The van der Waals surface area contributed by atoms with Crippen LogP contribution in [0.3, 0.4) is 0 Å². The fourth-order valence-electron chi connectivity index (χ4n) is 1.34. The van der Waals surface area contributed by atoms with Crippen molar-refractivity contribution in [2.24, 2.45) is 12.8 Å². The van der Waals surface area contributed by atoms with Crippen molar-refractivity contribution in [2.45, 2.75) is 16.6 Å². The molecule has 0 aliphatic rings. The standard InChI is InChI=1S/C11H12ClN3S/c1-15-5-4-14-11(15)16-10-6-9(12)3-2-8(10)7-13/h2-6H,7,13H2,1H3. The van der Waals surface area contributed by atoms with Gasteiger partial charge in [-0.05, 0) is 17.7 Å². The van der Waals surface area contributed by atoms with Crippen molar-refractivity contribution in [3.63, 3.8) is 0 Å². The Balaban J connectivity index is 2.33. The maximum Gasteiger partial charge on any atom is 0.172 e. The number of imidazole rings is 1. The highest BCUT2D eigenvalue weighted by Gasteiger charge is 2.07. The largest absolute Gasteiger partial charge is 0.329 e. The predicted octanol–water partition coefficient (Wildman–Crippen LogP) is 2.68. The molecule has 1 heterocycles. The van der Waals surface area contributed by atoms with Crippen LogP contribution in [-0.2, 0) is 13.6 Å². The Kier molecular flexibility index (Phi) is 3.53. The summed E-state index contributed by atoms with van der Waals surface area (Å²) in [6.45, 7) is 0.504. The lowest BCUT2D eigenvalue weighted by Gasteiger charge is -2.07. The Morgan fingerprint density at radius 3 is 2.94 bits per heavy atom. The second kappa shape index (κ2) is 4.91. The van der Waals surface area contributed by atoms with Crippen LogP contribution in [-0.4, -0.2) is 9.55 Å². The minimum atomic E-state index is 0.504. The van der Waals surface area contributed by atoms with E-state index in [1.165, 1.54) is 0 Å². The summed E-state index contributed by atoms with van der Waals surface area (Å²) in [5, 5.41) is 1.64. The van der Waals surface area contributed by atoms with Crippen molar-refractivity contribution in [3.8, 4) is 0 Å². The molecule has 1 aromatic carbocycles. The van der Waals surface area contributed by atoms with Gasteiger partial charge < -0.3 is 10.3 Å². The summed E-state index contributed by atoms with van der Waals surface area (Å²) in [7, 11) is 1.96. The number of hydrogen-bond acceptors (Lipinski definition) is 3. The van der Waals surface area contributed by atoms with Crippen LogP contribution in [0.25, 0.3) is 0 Å². The number of rotatable bonds is 3. The highest BCUT2D eigenvalue weighted by atomic mass is 35.5. The number of nitrogens with zero attached hydrogens (tertiary/aromatic N) is 2. The molecule has 2 N–H and O–H groups in total. The molecule has 0 radical (unpaired) electrons. The van der Waals surface area contributed by atoms with Gasteiger partial charge in [0.05, 0.1) is 0 Å². The molecular weight excluding hydrogens is 242 g/mol. The molecule has 2 aromatic rings. The molecular formula is C11H12ClN3S. The van der Waals surface area contributed by atoms with Gasteiger partial charge in [0.2, 0.25) is 0 Å². The lowest BCUT2D eigenvalue weighted by molar-refractivity contribution is 0.789. The zero-order valence-corrected chi connectivity index (χ0v) is 10.4. The van der Waals surface area contributed by atoms with Gasteiger partial charge in [-0.25, -0.2) is 4.98 Å². The summed E-state index contributed by atoms with van der Waals surface area (Å²) in [6.07, 6.45) is 3.68. The van der Waals surface area contributed by atoms with E-state index in [4.69, 9.17) is 17.3 Å². The van der Waals surface area contributed by atoms with Gasteiger partial charge in [0.15, 0.2) is 5.16 Å². The van der Waals surface area contributed by atoms with E-state index in [1.807, 2.05) is 36.0 Å². The Morgan fingerprint density at radius 1 is 1.50 bits per heavy atom. The van der Waals surface area contributed by atoms with E-state index in [-0.39, 0.29) is 0 Å². The number of halogens is 1. The highest BCUT2D eigenvalue weighted by molar-refractivity contribution is 7.99. The molecule has 0 atom stereocenters. The van der Waals surface area contributed by atoms with E-state index in [1.54, 1.807) is 18.0 Å². The van der Waals surface area contributed by atoms with Crippen molar-refractivity contribution in [1.29, 1.82) is 0 Å². The molecule has 1 aromatic heterocycles. The molecule has 0 aliphatic heterocycles.